The standard InChI is InChI=1S/C8H6BrF2N3/c9-7-4(2-12)1-5(8(10)11)6(3-13)14-7/h1,8H,2,12H2. The maximum atomic E-state index is 12.4. The van der Waals surface area contributed by atoms with Gasteiger partial charge < -0.3 is 5.73 Å². The van der Waals surface area contributed by atoms with Crippen molar-refractivity contribution in [2.75, 3.05) is 0 Å². The van der Waals surface area contributed by atoms with Crippen molar-refractivity contribution in [2.45, 2.75) is 13.0 Å². The van der Waals surface area contributed by atoms with Gasteiger partial charge in [0.2, 0.25) is 0 Å². The third-order valence-corrected chi connectivity index (χ3v) is 2.33. The third-order valence-electron chi connectivity index (χ3n) is 1.64. The molecule has 0 spiro atoms. The van der Waals surface area contributed by atoms with E-state index in [1.165, 1.54) is 6.07 Å². The Morgan fingerprint density at radius 1 is 1.64 bits per heavy atom. The highest BCUT2D eigenvalue weighted by Gasteiger charge is 2.16. The van der Waals surface area contributed by atoms with Crippen LogP contribution in [0.2, 0.25) is 0 Å². The van der Waals surface area contributed by atoms with Gasteiger partial charge in [-0.3, -0.25) is 0 Å². The number of nitrogens with zero attached hydrogens (tertiary/aromatic N) is 2. The second-order valence-electron chi connectivity index (χ2n) is 2.49. The number of rotatable bonds is 2. The summed E-state index contributed by atoms with van der Waals surface area (Å²) in [7, 11) is 0. The van der Waals surface area contributed by atoms with E-state index in [0.29, 0.717) is 10.2 Å². The van der Waals surface area contributed by atoms with Gasteiger partial charge in [-0.2, -0.15) is 5.26 Å². The number of alkyl halides is 2. The van der Waals surface area contributed by atoms with Crippen molar-refractivity contribution in [3.05, 3.63) is 27.5 Å². The number of nitriles is 1. The van der Waals surface area contributed by atoms with E-state index < -0.39 is 6.43 Å². The number of pyridine rings is 1. The monoisotopic (exact) mass is 261 g/mol. The first kappa shape index (κ1) is 11.0. The van der Waals surface area contributed by atoms with Gasteiger partial charge in [0, 0.05) is 6.54 Å². The molecular weight excluding hydrogens is 256 g/mol. The zero-order chi connectivity index (χ0) is 10.7. The second kappa shape index (κ2) is 4.44. The van der Waals surface area contributed by atoms with Crippen LogP contribution in [0.1, 0.15) is 23.2 Å². The lowest BCUT2D eigenvalue weighted by molar-refractivity contribution is 0.150. The smallest absolute Gasteiger partial charge is 0.266 e. The molecule has 6 heteroatoms. The maximum Gasteiger partial charge on any atom is 0.266 e. The van der Waals surface area contributed by atoms with Gasteiger partial charge in [0.15, 0.2) is 5.69 Å². The summed E-state index contributed by atoms with van der Waals surface area (Å²) in [6.45, 7) is 0.0962. The van der Waals surface area contributed by atoms with E-state index in [0.717, 1.165) is 0 Å². The molecule has 0 aromatic carbocycles. The highest BCUT2D eigenvalue weighted by Crippen LogP contribution is 2.25. The normalized spacial score (nSPS) is 10.3. The highest BCUT2D eigenvalue weighted by molar-refractivity contribution is 9.10. The van der Waals surface area contributed by atoms with Crippen molar-refractivity contribution < 1.29 is 8.78 Å². The fourth-order valence-corrected chi connectivity index (χ4v) is 1.40. The Labute approximate surface area is 87.7 Å². The molecule has 0 aliphatic heterocycles. The van der Waals surface area contributed by atoms with E-state index in [9.17, 15) is 8.78 Å². The van der Waals surface area contributed by atoms with E-state index in [4.69, 9.17) is 11.0 Å². The number of nitrogens with two attached hydrogens (primary N) is 1. The minimum absolute atomic E-state index is 0.0962. The number of hydrogen-bond donors (Lipinski definition) is 1. The fourth-order valence-electron chi connectivity index (χ4n) is 0.949. The Balaban J connectivity index is 3.34. The predicted octanol–water partition coefficient (Wildman–Crippen LogP) is 2.11. The molecule has 0 unspecified atom stereocenters. The van der Waals surface area contributed by atoms with Crippen LogP contribution in [0.5, 0.6) is 0 Å². The van der Waals surface area contributed by atoms with E-state index >= 15 is 0 Å². The first-order valence-corrected chi connectivity index (χ1v) is 4.47. The van der Waals surface area contributed by atoms with E-state index in [-0.39, 0.29) is 17.8 Å². The Morgan fingerprint density at radius 3 is 2.71 bits per heavy atom. The van der Waals surface area contributed by atoms with E-state index in [1.807, 2.05) is 0 Å². The molecule has 1 aromatic rings. The number of halogens is 3. The van der Waals surface area contributed by atoms with Crippen LogP contribution in [0.4, 0.5) is 8.78 Å². The summed E-state index contributed by atoms with van der Waals surface area (Å²) in [6, 6.07) is 2.80. The van der Waals surface area contributed by atoms with Gasteiger partial charge in [0.05, 0.1) is 5.56 Å². The molecule has 0 aliphatic rings. The topological polar surface area (TPSA) is 62.7 Å². The molecule has 0 saturated heterocycles. The average molecular weight is 262 g/mol. The van der Waals surface area contributed by atoms with E-state index in [1.54, 1.807) is 6.07 Å². The van der Waals surface area contributed by atoms with Crippen LogP contribution >= 0.6 is 15.9 Å². The van der Waals surface area contributed by atoms with Crippen LogP contribution in [0.25, 0.3) is 0 Å². The van der Waals surface area contributed by atoms with Crippen LogP contribution in [0, 0.1) is 11.3 Å². The fraction of sp³-hybridized carbons (Fsp3) is 0.250. The zero-order valence-electron chi connectivity index (χ0n) is 6.97. The molecule has 0 aliphatic carbocycles. The Hall–Kier alpha value is -1.06. The first-order valence-electron chi connectivity index (χ1n) is 3.67. The Morgan fingerprint density at radius 2 is 2.29 bits per heavy atom. The molecule has 74 valence electrons. The van der Waals surface area contributed by atoms with Gasteiger partial charge >= 0.3 is 0 Å². The van der Waals surface area contributed by atoms with Crippen molar-refractivity contribution in [3.63, 3.8) is 0 Å². The van der Waals surface area contributed by atoms with E-state index in [2.05, 4.69) is 20.9 Å². The molecule has 14 heavy (non-hydrogen) atoms. The van der Waals surface area contributed by atoms with Crippen molar-refractivity contribution >= 4 is 15.9 Å². The van der Waals surface area contributed by atoms with Gasteiger partial charge in [0.1, 0.15) is 10.7 Å². The molecule has 2 N–H and O–H groups in total. The molecule has 0 atom stereocenters. The van der Waals surface area contributed by atoms with Crippen molar-refractivity contribution in [3.8, 4) is 6.07 Å². The minimum Gasteiger partial charge on any atom is -0.326 e. The second-order valence-corrected chi connectivity index (χ2v) is 3.24. The van der Waals surface area contributed by atoms with Crippen LogP contribution in [-0.2, 0) is 6.54 Å². The summed E-state index contributed by atoms with van der Waals surface area (Å²) in [5.74, 6) is 0. The molecule has 0 saturated carbocycles. The quantitative estimate of drug-likeness (QED) is 0.830. The Bertz CT molecular complexity index is 387. The molecular formula is C8H6BrF2N3. The Kier molecular flexibility index (Phi) is 3.49. The first-order chi connectivity index (χ1) is 6.60. The van der Waals surface area contributed by atoms with Gasteiger partial charge in [-0.05, 0) is 27.6 Å². The van der Waals surface area contributed by atoms with Gasteiger partial charge in [-0.15, -0.1) is 0 Å². The lowest BCUT2D eigenvalue weighted by atomic mass is 10.1. The molecule has 1 heterocycles. The lowest BCUT2D eigenvalue weighted by Gasteiger charge is -2.06. The molecule has 0 radical (unpaired) electrons. The summed E-state index contributed by atoms with van der Waals surface area (Å²) < 4.78 is 25.2. The SMILES string of the molecule is N#Cc1nc(Br)c(CN)cc1C(F)F. The van der Waals surface area contributed by atoms with Gasteiger partial charge in [-0.1, -0.05) is 0 Å². The average Bonchev–Trinajstić information content (AvgIpc) is 2.16. The predicted molar refractivity (Wildman–Crippen MR) is 49.5 cm³/mol. The van der Waals surface area contributed by atoms with Crippen LogP contribution in [0.15, 0.2) is 10.7 Å². The highest BCUT2D eigenvalue weighted by atomic mass is 79.9. The third kappa shape index (κ3) is 2.05. The largest absolute Gasteiger partial charge is 0.326 e. The molecule has 0 fully saturated rings. The van der Waals surface area contributed by atoms with Crippen molar-refractivity contribution in [2.24, 2.45) is 5.73 Å². The van der Waals surface area contributed by atoms with Crippen LogP contribution < -0.4 is 5.73 Å². The molecule has 3 nitrogen and oxygen atoms in total. The summed E-state index contributed by atoms with van der Waals surface area (Å²) in [5, 5.41) is 8.56. The zero-order valence-corrected chi connectivity index (χ0v) is 8.55. The van der Waals surface area contributed by atoms with Crippen molar-refractivity contribution in [1.29, 1.82) is 5.26 Å². The lowest BCUT2D eigenvalue weighted by Crippen LogP contribution is -2.03. The van der Waals surface area contributed by atoms with Crippen molar-refractivity contribution in [1.82, 2.24) is 4.98 Å². The van der Waals surface area contributed by atoms with Gasteiger partial charge in [-0.25, -0.2) is 13.8 Å². The molecule has 1 rings (SSSR count). The number of hydrogen-bond acceptors (Lipinski definition) is 3. The summed E-state index contributed by atoms with van der Waals surface area (Å²) in [5.41, 5.74) is 5.12. The molecule has 1 aromatic heterocycles. The summed E-state index contributed by atoms with van der Waals surface area (Å²) >= 11 is 3.04. The molecule has 0 bridgehead atoms. The summed E-state index contributed by atoms with van der Waals surface area (Å²) in [4.78, 5) is 3.68. The van der Waals surface area contributed by atoms with Crippen LogP contribution in [0.3, 0.4) is 0 Å². The summed E-state index contributed by atoms with van der Waals surface area (Å²) in [6.07, 6.45) is -2.71. The number of aromatic nitrogens is 1. The molecule has 0 amide bonds. The minimum atomic E-state index is -2.71. The maximum absolute atomic E-state index is 12.4. The van der Waals surface area contributed by atoms with Gasteiger partial charge in [0.25, 0.3) is 6.43 Å². The van der Waals surface area contributed by atoms with Crippen LogP contribution in [-0.4, -0.2) is 4.98 Å².